The fourth-order valence-electron chi connectivity index (χ4n) is 2.41. The van der Waals surface area contributed by atoms with Crippen LogP contribution in [0.4, 0.5) is 0 Å². The summed E-state index contributed by atoms with van der Waals surface area (Å²) >= 11 is 0. The van der Waals surface area contributed by atoms with E-state index in [0.29, 0.717) is 0 Å². The van der Waals surface area contributed by atoms with Gasteiger partial charge in [-0.05, 0) is 24.3 Å². The molecule has 4 aromatic rings. The molecule has 0 saturated heterocycles. The fraction of sp³-hybridized carbons (Fsp3) is 0.167. The molecule has 0 bridgehead atoms. The molecule has 0 atom stereocenters. The number of pyridine rings is 1. The van der Waals surface area contributed by atoms with Crippen molar-refractivity contribution in [1.82, 2.24) is 28.7 Å². The molecule has 0 radical (unpaired) electrons. The van der Waals surface area contributed by atoms with E-state index < -0.39 is 0 Å². The van der Waals surface area contributed by atoms with E-state index in [0.717, 1.165) is 23.0 Å². The maximum atomic E-state index is 4.26. The van der Waals surface area contributed by atoms with Gasteiger partial charge in [-0.3, -0.25) is 4.98 Å². The number of hydrogen-bond acceptors (Lipinski definition) is 3. The first-order valence-corrected chi connectivity index (χ1v) is 7.64. The molecule has 4 heterocycles. The molecule has 134 valence electrons. The second kappa shape index (κ2) is 10.1. The molecule has 0 amide bonds. The van der Waals surface area contributed by atoms with Crippen LogP contribution in [0.2, 0.25) is 0 Å². The van der Waals surface area contributed by atoms with Crippen LogP contribution < -0.4 is 12.4 Å². The molecule has 0 saturated carbocycles. The summed E-state index contributed by atoms with van der Waals surface area (Å²) in [6.45, 7) is 0. The van der Waals surface area contributed by atoms with E-state index >= 15 is 0 Å². The molecule has 0 fully saturated rings. The minimum Gasteiger partial charge on any atom is -1.00 e. The second-order valence-corrected chi connectivity index (χ2v) is 5.44. The van der Waals surface area contributed by atoms with Crippen LogP contribution in [0.15, 0.2) is 67.5 Å². The van der Waals surface area contributed by atoms with E-state index in [1.807, 2.05) is 79.3 Å². The van der Waals surface area contributed by atoms with Crippen LogP contribution in [0, 0.1) is 0 Å². The third-order valence-electron chi connectivity index (χ3n) is 3.71. The summed E-state index contributed by atoms with van der Waals surface area (Å²) in [5, 5.41) is 0. The van der Waals surface area contributed by atoms with Gasteiger partial charge in [-0.1, -0.05) is 6.07 Å². The van der Waals surface area contributed by atoms with Crippen LogP contribution in [0.25, 0.3) is 23.0 Å². The van der Waals surface area contributed by atoms with Crippen LogP contribution in [0.1, 0.15) is 0 Å². The normalized spacial score (nSPS) is 9.50. The van der Waals surface area contributed by atoms with Crippen LogP contribution >= 0.6 is 0 Å². The number of imidazole rings is 2. The maximum Gasteiger partial charge on any atom is 4.00 e. The van der Waals surface area contributed by atoms with Gasteiger partial charge in [0, 0.05) is 58.3 Å². The van der Waals surface area contributed by atoms with E-state index in [2.05, 4.69) is 25.6 Å². The molecule has 0 spiro atoms. The Kier molecular flexibility index (Phi) is 8.44. The summed E-state index contributed by atoms with van der Waals surface area (Å²) in [6.07, 6.45) is 11.2. The number of hydrogen-bond donors (Lipinski definition) is 0. The fourth-order valence-corrected chi connectivity index (χ4v) is 2.41. The van der Waals surface area contributed by atoms with Gasteiger partial charge in [-0.25, -0.2) is 9.97 Å². The Morgan fingerprint density at radius 3 is 1.77 bits per heavy atom. The molecule has 26 heavy (non-hydrogen) atoms. The first kappa shape index (κ1) is 21.8. The number of rotatable bonds is 2. The van der Waals surface area contributed by atoms with Gasteiger partial charge in [0.25, 0.3) is 0 Å². The van der Waals surface area contributed by atoms with Crippen LogP contribution in [0.5, 0.6) is 0 Å². The Hall–Kier alpha value is -2.22. The summed E-state index contributed by atoms with van der Waals surface area (Å²) < 4.78 is 6.01. The number of aryl methyl sites for hydroxylation is 3. The summed E-state index contributed by atoms with van der Waals surface area (Å²) in [5.74, 6) is 1.90. The van der Waals surface area contributed by atoms with Crippen molar-refractivity contribution in [3.63, 3.8) is 0 Å². The Morgan fingerprint density at radius 1 is 0.654 bits per heavy atom. The van der Waals surface area contributed by atoms with Gasteiger partial charge in [0.1, 0.15) is 5.69 Å². The Morgan fingerprint density at radius 2 is 1.31 bits per heavy atom. The first-order chi connectivity index (χ1) is 11.7. The van der Waals surface area contributed by atoms with Gasteiger partial charge in [0.15, 0.2) is 11.6 Å². The van der Waals surface area contributed by atoms with Crippen LogP contribution in [0.3, 0.4) is 0 Å². The minimum absolute atomic E-state index is 0. The SMILES string of the molecule is Cn1cccc1-c1nccn1C.Cn1ccnc1-c1ccccn1.[Cl-].[Os+4]. The van der Waals surface area contributed by atoms with Crippen molar-refractivity contribution >= 4 is 0 Å². The largest absolute Gasteiger partial charge is 4.00 e. The zero-order chi connectivity index (χ0) is 16.9. The molecule has 6 nitrogen and oxygen atoms in total. The molecule has 0 N–H and O–H groups in total. The molecule has 8 heteroatoms. The Bertz CT molecular complexity index is 874. The maximum absolute atomic E-state index is 4.26. The van der Waals surface area contributed by atoms with Gasteiger partial charge in [0.2, 0.25) is 0 Å². The van der Waals surface area contributed by atoms with Crippen LogP contribution in [-0.2, 0) is 40.9 Å². The molecule has 0 aromatic carbocycles. The predicted octanol–water partition coefficient (Wildman–Crippen LogP) is -0.0908. The monoisotopic (exact) mass is 547 g/mol. The van der Waals surface area contributed by atoms with E-state index in [-0.39, 0.29) is 32.2 Å². The molecular formula is C18H20ClN6Os+3. The van der Waals surface area contributed by atoms with E-state index in [1.165, 1.54) is 0 Å². The standard InChI is InChI=1S/C9H11N3.C9H9N3.ClH.Os/c1-11-6-3-4-8(11)9-10-5-7-12(9)2;1-12-7-6-11-9(12)8-4-2-3-5-10-8;;/h3-7H,1-2H3;2-7H,1H3;1H;/q;;;+4/p-1. The van der Waals surface area contributed by atoms with Gasteiger partial charge >= 0.3 is 19.8 Å². The second-order valence-electron chi connectivity index (χ2n) is 5.44. The average molecular weight is 546 g/mol. The number of aromatic nitrogens is 6. The molecule has 0 unspecified atom stereocenters. The van der Waals surface area contributed by atoms with Gasteiger partial charge in [-0.15, -0.1) is 0 Å². The van der Waals surface area contributed by atoms with Crippen molar-refractivity contribution in [3.05, 3.63) is 67.5 Å². The summed E-state index contributed by atoms with van der Waals surface area (Å²) in [4.78, 5) is 12.6. The molecule has 0 aliphatic rings. The van der Waals surface area contributed by atoms with E-state index in [4.69, 9.17) is 0 Å². The van der Waals surface area contributed by atoms with Crippen molar-refractivity contribution in [3.8, 4) is 23.0 Å². The van der Waals surface area contributed by atoms with Crippen LogP contribution in [-0.4, -0.2) is 28.7 Å². The topological polar surface area (TPSA) is 53.5 Å². The van der Waals surface area contributed by atoms with Crippen molar-refractivity contribution < 1.29 is 32.2 Å². The molecule has 0 aliphatic carbocycles. The summed E-state index contributed by atoms with van der Waals surface area (Å²) in [6, 6.07) is 9.87. The number of nitrogens with zero attached hydrogens (tertiary/aromatic N) is 6. The zero-order valence-corrected chi connectivity index (χ0v) is 18.1. The third-order valence-corrected chi connectivity index (χ3v) is 3.71. The number of halogens is 1. The van der Waals surface area contributed by atoms with Crippen molar-refractivity contribution in [2.24, 2.45) is 21.1 Å². The quantitative estimate of drug-likeness (QED) is 0.354. The van der Waals surface area contributed by atoms with Gasteiger partial charge in [0.05, 0.1) is 5.69 Å². The van der Waals surface area contributed by atoms with E-state index in [9.17, 15) is 0 Å². The van der Waals surface area contributed by atoms with Crippen molar-refractivity contribution in [1.29, 1.82) is 0 Å². The van der Waals surface area contributed by atoms with Crippen molar-refractivity contribution in [2.45, 2.75) is 0 Å². The minimum atomic E-state index is 0. The third kappa shape index (κ3) is 4.91. The first-order valence-electron chi connectivity index (χ1n) is 7.64. The van der Waals surface area contributed by atoms with E-state index in [1.54, 1.807) is 12.4 Å². The predicted molar refractivity (Wildman–Crippen MR) is 94.1 cm³/mol. The molecule has 4 rings (SSSR count). The smallest absolute Gasteiger partial charge is 1.00 e. The average Bonchev–Trinajstić information content (AvgIpc) is 3.31. The Balaban J connectivity index is 0.000000241. The Labute approximate surface area is 172 Å². The molecular weight excluding hydrogens is 526 g/mol. The van der Waals surface area contributed by atoms with Gasteiger partial charge in [-0.2, -0.15) is 0 Å². The molecule has 4 aromatic heterocycles. The van der Waals surface area contributed by atoms with Gasteiger partial charge < -0.3 is 26.1 Å². The zero-order valence-electron chi connectivity index (χ0n) is 14.8. The molecule has 0 aliphatic heterocycles. The summed E-state index contributed by atoms with van der Waals surface area (Å²) in [5.41, 5.74) is 2.05. The summed E-state index contributed by atoms with van der Waals surface area (Å²) in [7, 11) is 5.97. The van der Waals surface area contributed by atoms with Crippen molar-refractivity contribution in [2.75, 3.05) is 0 Å².